The van der Waals surface area contributed by atoms with Crippen LogP contribution in [-0.4, -0.2) is 55.2 Å². The standard InChI is InChI=1S/C22H38O3.H4O5P2/c1-18(2)12-8-5-4-6-11-15-21(20-13-9-7-10-14-20)22(24)17-25-19(3)16-23;1-6(2)5-7(3)4/h7,9-10,13-14,18-19,21-24H,4-6,8,11-12,15-17H2,1-3H3;1-4H. The van der Waals surface area contributed by atoms with Crippen molar-refractivity contribution in [3.63, 3.8) is 0 Å². The van der Waals surface area contributed by atoms with Gasteiger partial charge in [0.15, 0.2) is 0 Å². The van der Waals surface area contributed by atoms with Crippen molar-refractivity contribution in [3.8, 4) is 0 Å². The summed E-state index contributed by atoms with van der Waals surface area (Å²) >= 11 is 0. The van der Waals surface area contributed by atoms with Gasteiger partial charge in [-0.25, -0.2) is 4.31 Å². The number of rotatable bonds is 16. The Morgan fingerprint density at radius 3 is 1.81 bits per heavy atom. The fourth-order valence-electron chi connectivity index (χ4n) is 3.23. The molecule has 1 aromatic rings. The normalized spacial score (nSPS) is 14.4. The Balaban J connectivity index is 0.00000118. The first-order valence-corrected chi connectivity index (χ1v) is 13.5. The van der Waals surface area contributed by atoms with Gasteiger partial charge in [-0.05, 0) is 24.8 Å². The van der Waals surface area contributed by atoms with Crippen molar-refractivity contribution in [2.45, 2.75) is 83.8 Å². The molecule has 3 atom stereocenters. The van der Waals surface area contributed by atoms with Crippen LogP contribution in [0.5, 0.6) is 0 Å². The lowest BCUT2D eigenvalue weighted by Gasteiger charge is -2.24. The predicted molar refractivity (Wildman–Crippen MR) is 129 cm³/mol. The highest BCUT2D eigenvalue weighted by Gasteiger charge is 2.21. The van der Waals surface area contributed by atoms with Gasteiger partial charge in [-0.15, -0.1) is 0 Å². The summed E-state index contributed by atoms with van der Waals surface area (Å²) in [5.41, 5.74) is 1.18. The molecule has 0 heterocycles. The molecule has 3 unspecified atom stereocenters. The SMILES string of the molecule is CC(C)CCCCCCCC(c1ccccc1)C(O)COC(C)CO.OP(O)OP(O)O. The summed E-state index contributed by atoms with van der Waals surface area (Å²) < 4.78 is 9.14. The summed E-state index contributed by atoms with van der Waals surface area (Å²) in [5, 5.41) is 19.7. The van der Waals surface area contributed by atoms with Crippen LogP contribution >= 0.6 is 17.2 Å². The zero-order valence-electron chi connectivity index (χ0n) is 19.5. The van der Waals surface area contributed by atoms with E-state index >= 15 is 0 Å². The fourth-order valence-corrected chi connectivity index (χ4v) is 3.75. The highest BCUT2D eigenvalue weighted by Crippen LogP contribution is 2.41. The Morgan fingerprint density at radius 1 is 0.812 bits per heavy atom. The molecule has 1 aromatic carbocycles. The average Bonchev–Trinajstić information content (AvgIpc) is 2.73. The molecule has 32 heavy (non-hydrogen) atoms. The molecule has 6 N–H and O–H groups in total. The second-order valence-electron chi connectivity index (χ2n) is 8.24. The van der Waals surface area contributed by atoms with E-state index in [-0.39, 0.29) is 25.2 Å². The zero-order valence-corrected chi connectivity index (χ0v) is 21.2. The molecule has 0 aliphatic carbocycles. The quantitative estimate of drug-likeness (QED) is 0.147. The largest absolute Gasteiger partial charge is 0.394 e. The van der Waals surface area contributed by atoms with Crippen molar-refractivity contribution in [2.75, 3.05) is 13.2 Å². The van der Waals surface area contributed by atoms with E-state index in [1.54, 1.807) is 0 Å². The highest BCUT2D eigenvalue weighted by atomic mass is 31.2. The fraction of sp³-hybridized carbons (Fsp3) is 0.727. The number of ether oxygens (including phenoxy) is 1. The monoisotopic (exact) mass is 496 g/mol. The van der Waals surface area contributed by atoms with E-state index in [4.69, 9.17) is 29.4 Å². The Hall–Kier alpha value is -0.240. The summed E-state index contributed by atoms with van der Waals surface area (Å²) in [4.78, 5) is 31.3. The van der Waals surface area contributed by atoms with E-state index in [1.807, 2.05) is 25.1 Å². The molecule has 1 rings (SSSR count). The third-order valence-electron chi connectivity index (χ3n) is 4.94. The van der Waals surface area contributed by atoms with Crippen LogP contribution in [0.3, 0.4) is 0 Å². The van der Waals surface area contributed by atoms with Crippen molar-refractivity contribution in [1.29, 1.82) is 0 Å². The maximum atomic E-state index is 10.6. The predicted octanol–water partition coefficient (Wildman–Crippen LogP) is 4.34. The Labute approximate surface area is 195 Å². The van der Waals surface area contributed by atoms with Gasteiger partial charge in [-0.1, -0.05) is 82.7 Å². The number of hydrogen-bond acceptors (Lipinski definition) is 8. The maximum absolute atomic E-state index is 10.6. The minimum atomic E-state index is -2.61. The van der Waals surface area contributed by atoms with E-state index in [0.29, 0.717) is 0 Å². The topological polar surface area (TPSA) is 140 Å². The van der Waals surface area contributed by atoms with Gasteiger partial charge in [0, 0.05) is 5.92 Å². The summed E-state index contributed by atoms with van der Waals surface area (Å²) in [6.45, 7) is 6.65. The number of unbranched alkanes of at least 4 members (excludes halogenated alkanes) is 4. The molecule has 0 aliphatic rings. The van der Waals surface area contributed by atoms with Gasteiger partial charge in [-0.2, -0.15) is 0 Å². The summed E-state index contributed by atoms with van der Waals surface area (Å²) in [7, 11) is -5.22. The molecule has 0 aromatic heterocycles. The van der Waals surface area contributed by atoms with Gasteiger partial charge in [0.2, 0.25) is 0 Å². The van der Waals surface area contributed by atoms with Crippen molar-refractivity contribution in [3.05, 3.63) is 35.9 Å². The molecule has 188 valence electrons. The maximum Gasteiger partial charge on any atom is 0.334 e. The first-order valence-electron chi connectivity index (χ1n) is 11.2. The van der Waals surface area contributed by atoms with E-state index in [0.717, 1.165) is 18.8 Å². The van der Waals surface area contributed by atoms with Gasteiger partial charge in [0.1, 0.15) is 0 Å². The molecule has 10 heteroatoms. The summed E-state index contributed by atoms with van der Waals surface area (Å²) in [6, 6.07) is 10.2. The Bertz CT molecular complexity index is 528. The number of aliphatic hydroxyl groups excluding tert-OH is 2. The number of hydrogen-bond donors (Lipinski definition) is 6. The molecule has 0 spiro atoms. The number of benzene rings is 1. The van der Waals surface area contributed by atoms with Crippen LogP contribution in [0, 0.1) is 5.92 Å². The minimum Gasteiger partial charge on any atom is -0.394 e. The van der Waals surface area contributed by atoms with Crippen LogP contribution < -0.4 is 0 Å². The lowest BCUT2D eigenvalue weighted by atomic mass is 9.88. The van der Waals surface area contributed by atoms with Crippen LogP contribution in [0.25, 0.3) is 0 Å². The van der Waals surface area contributed by atoms with Crippen LogP contribution in [0.15, 0.2) is 30.3 Å². The van der Waals surface area contributed by atoms with Crippen LogP contribution in [0.4, 0.5) is 0 Å². The molecular formula is C22H42O8P2. The molecule has 0 saturated heterocycles. The second kappa shape index (κ2) is 20.2. The van der Waals surface area contributed by atoms with Crippen LogP contribution in [0.2, 0.25) is 0 Å². The summed E-state index contributed by atoms with van der Waals surface area (Å²) in [6.07, 6.45) is 7.82. The van der Waals surface area contributed by atoms with E-state index in [1.165, 1.54) is 37.7 Å². The smallest absolute Gasteiger partial charge is 0.334 e. The van der Waals surface area contributed by atoms with Crippen LogP contribution in [-0.2, 0) is 9.05 Å². The molecule has 0 radical (unpaired) electrons. The van der Waals surface area contributed by atoms with E-state index in [9.17, 15) is 5.11 Å². The molecular weight excluding hydrogens is 454 g/mol. The van der Waals surface area contributed by atoms with Crippen molar-refractivity contribution < 1.29 is 38.8 Å². The average molecular weight is 497 g/mol. The number of aliphatic hydroxyl groups is 2. The van der Waals surface area contributed by atoms with Gasteiger partial charge < -0.3 is 34.5 Å². The molecule has 0 aliphatic heterocycles. The first kappa shape index (κ1) is 31.8. The van der Waals surface area contributed by atoms with Crippen molar-refractivity contribution in [2.24, 2.45) is 5.92 Å². The summed E-state index contributed by atoms with van der Waals surface area (Å²) in [5.74, 6) is 0.904. The van der Waals surface area contributed by atoms with Crippen molar-refractivity contribution >= 4 is 17.2 Å². The minimum absolute atomic E-state index is 0.0148. The van der Waals surface area contributed by atoms with Crippen LogP contribution in [0.1, 0.15) is 77.2 Å². The van der Waals surface area contributed by atoms with Gasteiger partial charge in [-0.3, -0.25) is 0 Å². The Morgan fingerprint density at radius 2 is 1.34 bits per heavy atom. The molecule has 0 fully saturated rings. The van der Waals surface area contributed by atoms with E-state index < -0.39 is 23.3 Å². The highest BCUT2D eigenvalue weighted by molar-refractivity contribution is 7.53. The van der Waals surface area contributed by atoms with Gasteiger partial charge in [0.05, 0.1) is 25.4 Å². The second-order valence-corrected chi connectivity index (χ2v) is 9.90. The van der Waals surface area contributed by atoms with Gasteiger partial charge in [0.25, 0.3) is 0 Å². The molecule has 0 bridgehead atoms. The molecule has 0 saturated carbocycles. The van der Waals surface area contributed by atoms with Gasteiger partial charge >= 0.3 is 17.2 Å². The molecule has 8 nitrogen and oxygen atoms in total. The molecule has 0 amide bonds. The lowest BCUT2D eigenvalue weighted by Crippen LogP contribution is -2.27. The third kappa shape index (κ3) is 18.2. The first-order chi connectivity index (χ1) is 15.2. The third-order valence-corrected chi connectivity index (χ3v) is 6.11. The lowest BCUT2D eigenvalue weighted by molar-refractivity contribution is -0.0322. The van der Waals surface area contributed by atoms with E-state index in [2.05, 4.69) is 30.3 Å². The zero-order chi connectivity index (χ0) is 24.4. The van der Waals surface area contributed by atoms with Crippen molar-refractivity contribution in [1.82, 2.24) is 0 Å². The Kier molecular flexibility index (Phi) is 20.0.